The van der Waals surface area contributed by atoms with Crippen molar-refractivity contribution < 1.29 is 4.74 Å². The first-order valence-corrected chi connectivity index (χ1v) is 5.85. The molecular weight excluding hydrogens is 222 g/mol. The third-order valence-electron chi connectivity index (χ3n) is 2.38. The van der Waals surface area contributed by atoms with E-state index < -0.39 is 0 Å². The van der Waals surface area contributed by atoms with Gasteiger partial charge in [0.2, 0.25) is 0 Å². The molecule has 0 amide bonds. The minimum Gasteiger partial charge on any atom is -0.494 e. The number of unbranched alkanes of at least 4 members (excludes halogenated alkanes) is 1. The average molecular weight is 238 g/mol. The van der Waals surface area contributed by atoms with Crippen LogP contribution >= 0.6 is 11.6 Å². The van der Waals surface area contributed by atoms with Gasteiger partial charge in [0.15, 0.2) is 0 Å². The molecule has 0 unspecified atom stereocenters. The van der Waals surface area contributed by atoms with E-state index in [-0.39, 0.29) is 0 Å². The van der Waals surface area contributed by atoms with Crippen molar-refractivity contribution in [3.8, 4) is 11.8 Å². The molecule has 0 aliphatic heterocycles. The molecule has 0 bridgehead atoms. The van der Waals surface area contributed by atoms with Crippen molar-refractivity contribution in [3.05, 3.63) is 28.3 Å². The number of nitrogens with zero attached hydrogens (tertiary/aromatic N) is 1. The summed E-state index contributed by atoms with van der Waals surface area (Å²) in [7, 11) is 0. The molecule has 0 heterocycles. The monoisotopic (exact) mass is 237 g/mol. The summed E-state index contributed by atoms with van der Waals surface area (Å²) in [6, 6.07) is 6.05. The first kappa shape index (κ1) is 12.9. The van der Waals surface area contributed by atoms with Crippen LogP contribution in [0.3, 0.4) is 0 Å². The van der Waals surface area contributed by atoms with Gasteiger partial charge in [-0.05, 0) is 49.9 Å². The summed E-state index contributed by atoms with van der Waals surface area (Å²) in [4.78, 5) is 0. The van der Waals surface area contributed by atoms with Crippen molar-refractivity contribution in [3.63, 3.8) is 0 Å². The molecule has 0 radical (unpaired) electrons. The lowest BCUT2D eigenvalue weighted by atomic mass is 10.1. The second-order valence-electron chi connectivity index (χ2n) is 3.65. The zero-order valence-electron chi connectivity index (χ0n) is 9.72. The lowest BCUT2D eigenvalue weighted by molar-refractivity contribution is 0.336. The van der Waals surface area contributed by atoms with E-state index in [1.807, 2.05) is 26.0 Å². The van der Waals surface area contributed by atoms with Crippen LogP contribution in [0.15, 0.2) is 12.1 Å². The molecule has 0 saturated heterocycles. The van der Waals surface area contributed by atoms with Gasteiger partial charge in [-0.2, -0.15) is 5.26 Å². The number of halogens is 1. The fourth-order valence-electron chi connectivity index (χ4n) is 1.54. The first-order chi connectivity index (χ1) is 7.69. The minimum atomic E-state index is 0.567. The van der Waals surface area contributed by atoms with Crippen molar-refractivity contribution in [2.75, 3.05) is 6.61 Å². The standard InChI is InChI=1S/C13H16ClNO/c1-3-16-13-8-10(2)12(14)9-11(13)6-4-5-7-15/h8-9H,3-6H2,1-2H3. The number of hydrogen-bond donors (Lipinski definition) is 0. The van der Waals surface area contributed by atoms with Crippen LogP contribution in [0.4, 0.5) is 0 Å². The molecule has 0 aromatic heterocycles. The molecule has 3 heteroatoms. The van der Waals surface area contributed by atoms with E-state index in [4.69, 9.17) is 21.6 Å². The Morgan fingerprint density at radius 2 is 2.19 bits per heavy atom. The summed E-state index contributed by atoms with van der Waals surface area (Å²) in [5.74, 6) is 0.891. The van der Waals surface area contributed by atoms with Gasteiger partial charge in [-0.15, -0.1) is 0 Å². The van der Waals surface area contributed by atoms with Crippen molar-refractivity contribution in [2.45, 2.75) is 33.1 Å². The van der Waals surface area contributed by atoms with Crippen LogP contribution in [0.5, 0.6) is 5.75 Å². The molecule has 1 aromatic carbocycles. The molecule has 0 spiro atoms. The Kier molecular flexibility index (Phi) is 5.14. The number of aryl methyl sites for hydroxylation is 2. The Bertz CT molecular complexity index is 396. The zero-order valence-corrected chi connectivity index (χ0v) is 10.5. The fraction of sp³-hybridized carbons (Fsp3) is 0.462. The highest BCUT2D eigenvalue weighted by Gasteiger charge is 2.07. The van der Waals surface area contributed by atoms with Gasteiger partial charge in [0.25, 0.3) is 0 Å². The maximum Gasteiger partial charge on any atom is 0.122 e. The molecule has 0 atom stereocenters. The van der Waals surface area contributed by atoms with E-state index in [1.54, 1.807) is 0 Å². The molecule has 0 fully saturated rings. The summed E-state index contributed by atoms with van der Waals surface area (Å²) in [5, 5.41) is 9.27. The minimum absolute atomic E-state index is 0.567. The highest BCUT2D eigenvalue weighted by molar-refractivity contribution is 6.31. The van der Waals surface area contributed by atoms with Gasteiger partial charge in [0, 0.05) is 11.4 Å². The van der Waals surface area contributed by atoms with Gasteiger partial charge in [-0.3, -0.25) is 0 Å². The molecule has 16 heavy (non-hydrogen) atoms. The van der Waals surface area contributed by atoms with Gasteiger partial charge in [-0.25, -0.2) is 0 Å². The van der Waals surface area contributed by atoms with Gasteiger partial charge >= 0.3 is 0 Å². The summed E-state index contributed by atoms with van der Waals surface area (Å²) in [6.07, 6.45) is 2.25. The lowest BCUT2D eigenvalue weighted by Gasteiger charge is -2.11. The molecular formula is C13H16ClNO. The smallest absolute Gasteiger partial charge is 0.122 e. The van der Waals surface area contributed by atoms with E-state index in [2.05, 4.69) is 6.07 Å². The molecule has 1 aromatic rings. The third kappa shape index (κ3) is 3.43. The second kappa shape index (κ2) is 6.40. The number of hydrogen-bond acceptors (Lipinski definition) is 2. The second-order valence-corrected chi connectivity index (χ2v) is 4.06. The molecule has 0 aliphatic rings. The van der Waals surface area contributed by atoms with Crippen LogP contribution in [0, 0.1) is 18.3 Å². The zero-order chi connectivity index (χ0) is 12.0. The maximum absolute atomic E-state index is 8.51. The predicted molar refractivity (Wildman–Crippen MR) is 65.9 cm³/mol. The van der Waals surface area contributed by atoms with Crippen molar-refractivity contribution in [2.24, 2.45) is 0 Å². The molecule has 2 nitrogen and oxygen atoms in total. The average Bonchev–Trinajstić information content (AvgIpc) is 2.25. The Balaban J connectivity index is 2.87. The summed E-state index contributed by atoms with van der Waals surface area (Å²) < 4.78 is 5.56. The van der Waals surface area contributed by atoms with E-state index in [0.29, 0.717) is 13.0 Å². The van der Waals surface area contributed by atoms with Crippen LogP contribution in [0.1, 0.15) is 30.9 Å². The van der Waals surface area contributed by atoms with Crippen molar-refractivity contribution in [1.82, 2.24) is 0 Å². The highest BCUT2D eigenvalue weighted by Crippen LogP contribution is 2.28. The van der Waals surface area contributed by atoms with Crippen LogP contribution in [0.2, 0.25) is 5.02 Å². The van der Waals surface area contributed by atoms with Crippen LogP contribution in [-0.4, -0.2) is 6.61 Å². The number of benzene rings is 1. The Hall–Kier alpha value is -1.20. The number of ether oxygens (including phenoxy) is 1. The maximum atomic E-state index is 8.51. The van der Waals surface area contributed by atoms with E-state index in [9.17, 15) is 0 Å². The van der Waals surface area contributed by atoms with E-state index >= 15 is 0 Å². The van der Waals surface area contributed by atoms with E-state index in [1.165, 1.54) is 0 Å². The summed E-state index contributed by atoms with van der Waals surface area (Å²) in [5.41, 5.74) is 2.11. The Labute approximate surface area is 102 Å². The predicted octanol–water partition coefficient (Wildman–Crippen LogP) is 3.89. The van der Waals surface area contributed by atoms with E-state index in [0.717, 1.165) is 34.7 Å². The number of nitriles is 1. The Morgan fingerprint density at radius 3 is 2.81 bits per heavy atom. The SMILES string of the molecule is CCOc1cc(C)c(Cl)cc1CCCC#N. The molecule has 1 rings (SSSR count). The molecule has 0 saturated carbocycles. The normalized spacial score (nSPS) is 9.88. The fourth-order valence-corrected chi connectivity index (χ4v) is 1.73. The molecule has 0 aliphatic carbocycles. The highest BCUT2D eigenvalue weighted by atomic mass is 35.5. The Morgan fingerprint density at radius 1 is 1.44 bits per heavy atom. The van der Waals surface area contributed by atoms with Gasteiger partial charge in [0.1, 0.15) is 5.75 Å². The van der Waals surface area contributed by atoms with Crippen LogP contribution in [-0.2, 0) is 6.42 Å². The van der Waals surface area contributed by atoms with Crippen molar-refractivity contribution >= 4 is 11.6 Å². The van der Waals surface area contributed by atoms with Crippen LogP contribution in [0.25, 0.3) is 0 Å². The topological polar surface area (TPSA) is 33.0 Å². The summed E-state index contributed by atoms with van der Waals surface area (Å²) in [6.45, 7) is 4.57. The van der Waals surface area contributed by atoms with Gasteiger partial charge < -0.3 is 4.74 Å². The lowest BCUT2D eigenvalue weighted by Crippen LogP contribution is -1.98. The van der Waals surface area contributed by atoms with Gasteiger partial charge in [0.05, 0.1) is 12.7 Å². The first-order valence-electron chi connectivity index (χ1n) is 5.47. The summed E-state index contributed by atoms with van der Waals surface area (Å²) >= 11 is 6.08. The van der Waals surface area contributed by atoms with Crippen molar-refractivity contribution in [1.29, 1.82) is 5.26 Å². The third-order valence-corrected chi connectivity index (χ3v) is 2.78. The largest absolute Gasteiger partial charge is 0.494 e. The van der Waals surface area contributed by atoms with Gasteiger partial charge in [-0.1, -0.05) is 11.6 Å². The number of rotatable bonds is 5. The quantitative estimate of drug-likeness (QED) is 0.728. The van der Waals surface area contributed by atoms with Crippen LogP contribution < -0.4 is 4.74 Å². The molecule has 0 N–H and O–H groups in total. The molecule has 86 valence electrons.